The van der Waals surface area contributed by atoms with E-state index in [0.29, 0.717) is 17.3 Å². The van der Waals surface area contributed by atoms with E-state index in [0.717, 1.165) is 21.6 Å². The fraction of sp³-hybridized carbons (Fsp3) is 0.409. The third-order valence-electron chi connectivity index (χ3n) is 5.39. The van der Waals surface area contributed by atoms with Gasteiger partial charge in [0.2, 0.25) is 0 Å². The van der Waals surface area contributed by atoms with Crippen molar-refractivity contribution in [2.24, 2.45) is 5.92 Å². The molecule has 0 saturated heterocycles. The summed E-state index contributed by atoms with van der Waals surface area (Å²) < 4.78 is 7.08. The van der Waals surface area contributed by atoms with Crippen LogP contribution < -0.4 is 5.32 Å². The summed E-state index contributed by atoms with van der Waals surface area (Å²) >= 11 is 1.33. The number of rotatable bonds is 6. The highest BCUT2D eigenvalue weighted by atomic mass is 32.1. The van der Waals surface area contributed by atoms with Gasteiger partial charge < -0.3 is 10.1 Å². The average Bonchev–Trinajstić information content (AvgIpc) is 3.32. The highest BCUT2D eigenvalue weighted by molar-refractivity contribution is 7.20. The first-order valence-corrected chi connectivity index (χ1v) is 10.9. The van der Waals surface area contributed by atoms with Crippen LogP contribution in [-0.2, 0) is 9.53 Å². The van der Waals surface area contributed by atoms with Gasteiger partial charge >= 0.3 is 5.97 Å². The molecule has 0 spiro atoms. The summed E-state index contributed by atoms with van der Waals surface area (Å²) in [6.45, 7) is 2.34. The predicted molar refractivity (Wildman–Crippen MR) is 114 cm³/mol. The van der Waals surface area contributed by atoms with Gasteiger partial charge in [0, 0.05) is 11.9 Å². The number of carbonyl (C=O) groups excluding carboxylic acids is 2. The molecule has 1 amide bonds. The third kappa shape index (κ3) is 4.50. The Bertz CT molecular complexity index is 1000. The van der Waals surface area contributed by atoms with Crippen LogP contribution in [-0.4, -0.2) is 34.8 Å². The van der Waals surface area contributed by atoms with E-state index in [1.54, 1.807) is 6.07 Å². The number of ether oxygens (including phenoxy) is 1. The second-order valence-electron chi connectivity index (χ2n) is 7.55. The SMILES string of the molecule is Cc1nn(-c2ccccc2)c2sc(C(=O)OCC(=O)NCC3CCCCC3)cc12. The van der Waals surface area contributed by atoms with Crippen molar-refractivity contribution in [3.8, 4) is 5.69 Å². The van der Waals surface area contributed by atoms with Gasteiger partial charge in [0.1, 0.15) is 9.71 Å². The first-order valence-electron chi connectivity index (χ1n) is 10.1. The summed E-state index contributed by atoms with van der Waals surface area (Å²) in [7, 11) is 0. The molecular weight excluding hydrogens is 386 g/mol. The van der Waals surface area contributed by atoms with E-state index in [2.05, 4.69) is 10.4 Å². The molecule has 0 unspecified atom stereocenters. The number of hydrogen-bond donors (Lipinski definition) is 1. The molecule has 152 valence electrons. The van der Waals surface area contributed by atoms with Crippen LogP contribution in [0.3, 0.4) is 0 Å². The lowest BCUT2D eigenvalue weighted by atomic mass is 9.89. The highest BCUT2D eigenvalue weighted by Gasteiger charge is 2.19. The summed E-state index contributed by atoms with van der Waals surface area (Å²) in [6, 6.07) is 11.6. The smallest absolute Gasteiger partial charge is 0.348 e. The second-order valence-corrected chi connectivity index (χ2v) is 8.58. The lowest BCUT2D eigenvalue weighted by Crippen LogP contribution is -2.33. The summed E-state index contributed by atoms with van der Waals surface area (Å²) in [4.78, 5) is 25.9. The molecule has 2 heterocycles. The van der Waals surface area contributed by atoms with E-state index >= 15 is 0 Å². The van der Waals surface area contributed by atoms with E-state index in [1.807, 2.05) is 41.9 Å². The Morgan fingerprint density at radius 1 is 1.21 bits per heavy atom. The Balaban J connectivity index is 1.38. The third-order valence-corrected chi connectivity index (χ3v) is 6.48. The minimum atomic E-state index is -0.474. The highest BCUT2D eigenvalue weighted by Crippen LogP contribution is 2.30. The lowest BCUT2D eigenvalue weighted by Gasteiger charge is -2.21. The van der Waals surface area contributed by atoms with Crippen molar-refractivity contribution >= 4 is 33.4 Å². The van der Waals surface area contributed by atoms with Crippen molar-refractivity contribution in [2.45, 2.75) is 39.0 Å². The number of nitrogens with one attached hydrogen (secondary N) is 1. The van der Waals surface area contributed by atoms with Gasteiger partial charge in [-0.1, -0.05) is 37.5 Å². The van der Waals surface area contributed by atoms with Gasteiger partial charge in [0.25, 0.3) is 5.91 Å². The first-order chi connectivity index (χ1) is 14.1. The van der Waals surface area contributed by atoms with Crippen molar-refractivity contribution < 1.29 is 14.3 Å². The summed E-state index contributed by atoms with van der Waals surface area (Å²) in [6.07, 6.45) is 6.10. The van der Waals surface area contributed by atoms with Crippen molar-refractivity contribution in [3.05, 3.63) is 47.0 Å². The van der Waals surface area contributed by atoms with Crippen molar-refractivity contribution in [2.75, 3.05) is 13.2 Å². The molecule has 2 aromatic heterocycles. The van der Waals surface area contributed by atoms with Crippen LogP contribution in [0.2, 0.25) is 0 Å². The number of benzene rings is 1. The second kappa shape index (κ2) is 8.78. The zero-order valence-corrected chi connectivity index (χ0v) is 17.3. The molecule has 1 aromatic carbocycles. The average molecular weight is 412 g/mol. The van der Waals surface area contributed by atoms with Crippen LogP contribution in [0.15, 0.2) is 36.4 Å². The standard InChI is InChI=1S/C22H25N3O3S/c1-15-18-12-19(29-21(18)25(24-15)17-10-6-3-7-11-17)22(27)28-14-20(26)23-13-16-8-4-2-5-9-16/h3,6-7,10-12,16H,2,4-5,8-9,13-14H2,1H3,(H,23,26). The van der Waals surface area contributed by atoms with Crippen LogP contribution in [0.1, 0.15) is 47.5 Å². The molecule has 6 nitrogen and oxygen atoms in total. The van der Waals surface area contributed by atoms with Crippen molar-refractivity contribution in [1.29, 1.82) is 0 Å². The number of thiophene rings is 1. The maximum atomic E-state index is 12.5. The monoisotopic (exact) mass is 411 g/mol. The van der Waals surface area contributed by atoms with E-state index in [-0.39, 0.29) is 12.5 Å². The molecule has 29 heavy (non-hydrogen) atoms. The Morgan fingerprint density at radius 2 is 1.97 bits per heavy atom. The van der Waals surface area contributed by atoms with Crippen LogP contribution in [0.5, 0.6) is 0 Å². The van der Waals surface area contributed by atoms with Gasteiger partial charge in [-0.15, -0.1) is 11.3 Å². The molecule has 0 aliphatic heterocycles. The van der Waals surface area contributed by atoms with Gasteiger partial charge in [-0.2, -0.15) is 5.10 Å². The molecule has 1 N–H and O–H groups in total. The molecule has 1 fully saturated rings. The molecule has 1 aliphatic rings. The Hall–Kier alpha value is -2.67. The zero-order chi connectivity index (χ0) is 20.2. The molecule has 3 aromatic rings. The van der Waals surface area contributed by atoms with Crippen molar-refractivity contribution in [1.82, 2.24) is 15.1 Å². The van der Waals surface area contributed by atoms with E-state index in [1.165, 1.54) is 43.4 Å². The van der Waals surface area contributed by atoms with Crippen LogP contribution in [0.25, 0.3) is 15.9 Å². The number of amides is 1. The molecule has 4 rings (SSSR count). The van der Waals surface area contributed by atoms with E-state index in [4.69, 9.17) is 4.74 Å². The van der Waals surface area contributed by atoms with E-state index in [9.17, 15) is 9.59 Å². The van der Waals surface area contributed by atoms with Crippen molar-refractivity contribution in [3.63, 3.8) is 0 Å². The number of esters is 1. The number of aryl methyl sites for hydroxylation is 1. The Kier molecular flexibility index (Phi) is 5.94. The summed E-state index contributed by atoms with van der Waals surface area (Å²) in [5.74, 6) is -0.162. The van der Waals surface area contributed by atoms with Gasteiger partial charge in [-0.3, -0.25) is 4.79 Å². The predicted octanol–water partition coefficient (Wildman–Crippen LogP) is 4.25. The number of fused-ring (bicyclic) bond motifs is 1. The van der Waals surface area contributed by atoms with Crippen LogP contribution >= 0.6 is 11.3 Å². The minimum Gasteiger partial charge on any atom is -0.451 e. The quantitative estimate of drug-likeness (QED) is 0.616. The summed E-state index contributed by atoms with van der Waals surface area (Å²) in [5, 5.41) is 8.39. The van der Waals surface area contributed by atoms with Gasteiger partial charge in [0.05, 0.1) is 11.4 Å². The van der Waals surface area contributed by atoms with Crippen LogP contribution in [0.4, 0.5) is 0 Å². The molecular formula is C22H25N3O3S. The molecule has 1 saturated carbocycles. The van der Waals surface area contributed by atoms with Crippen LogP contribution in [0, 0.1) is 12.8 Å². The van der Waals surface area contributed by atoms with Gasteiger partial charge in [0.15, 0.2) is 6.61 Å². The van der Waals surface area contributed by atoms with Gasteiger partial charge in [-0.25, -0.2) is 9.48 Å². The Labute approximate surface area is 173 Å². The topological polar surface area (TPSA) is 73.2 Å². The fourth-order valence-corrected chi connectivity index (χ4v) is 4.87. The fourth-order valence-electron chi connectivity index (χ4n) is 3.79. The largest absolute Gasteiger partial charge is 0.451 e. The van der Waals surface area contributed by atoms with Gasteiger partial charge in [-0.05, 0) is 43.9 Å². The number of carbonyl (C=O) groups is 2. The number of nitrogens with zero attached hydrogens (tertiary/aromatic N) is 2. The first kappa shape index (κ1) is 19.6. The maximum Gasteiger partial charge on any atom is 0.348 e. The minimum absolute atomic E-state index is 0.239. The molecule has 1 aliphatic carbocycles. The molecule has 0 atom stereocenters. The normalized spacial score (nSPS) is 14.8. The maximum absolute atomic E-state index is 12.5. The number of para-hydroxylation sites is 1. The molecule has 0 radical (unpaired) electrons. The molecule has 7 heteroatoms. The van der Waals surface area contributed by atoms with E-state index < -0.39 is 5.97 Å². The number of hydrogen-bond acceptors (Lipinski definition) is 5. The Morgan fingerprint density at radius 3 is 2.72 bits per heavy atom. The zero-order valence-electron chi connectivity index (χ0n) is 16.5. The summed E-state index contributed by atoms with van der Waals surface area (Å²) in [5.41, 5.74) is 1.79. The number of aromatic nitrogens is 2. The lowest BCUT2D eigenvalue weighted by molar-refractivity contribution is -0.124. The molecule has 0 bridgehead atoms.